The Balaban J connectivity index is 1.63. The van der Waals surface area contributed by atoms with E-state index in [1.165, 1.54) is 0 Å². The first-order valence-corrected chi connectivity index (χ1v) is 9.21. The number of amides is 2. The highest BCUT2D eigenvalue weighted by Gasteiger charge is 2.21. The van der Waals surface area contributed by atoms with E-state index in [2.05, 4.69) is 10.6 Å². The van der Waals surface area contributed by atoms with E-state index in [4.69, 9.17) is 9.47 Å². The summed E-state index contributed by atoms with van der Waals surface area (Å²) in [6.45, 7) is 2.53. The molecule has 0 spiro atoms. The van der Waals surface area contributed by atoms with Crippen LogP contribution in [0.1, 0.15) is 19.8 Å². The molecule has 1 aliphatic heterocycles. The predicted octanol–water partition coefficient (Wildman–Crippen LogP) is 3.27. The van der Waals surface area contributed by atoms with Crippen molar-refractivity contribution in [2.75, 3.05) is 36.3 Å². The molecule has 1 fully saturated rings. The molecule has 1 atom stereocenters. The molecule has 1 saturated heterocycles. The Morgan fingerprint density at radius 1 is 1.11 bits per heavy atom. The van der Waals surface area contributed by atoms with Gasteiger partial charge in [0.05, 0.1) is 19.9 Å². The molecule has 7 nitrogen and oxygen atoms in total. The fourth-order valence-corrected chi connectivity index (χ4v) is 3.13. The van der Waals surface area contributed by atoms with Crippen LogP contribution in [-0.2, 0) is 9.59 Å². The molecule has 3 rings (SSSR count). The van der Waals surface area contributed by atoms with Gasteiger partial charge in [0.25, 0.3) is 0 Å². The summed E-state index contributed by atoms with van der Waals surface area (Å²) in [5, 5.41) is 6.03. The Morgan fingerprint density at radius 3 is 2.46 bits per heavy atom. The van der Waals surface area contributed by atoms with E-state index in [-0.39, 0.29) is 11.8 Å². The largest absolute Gasteiger partial charge is 0.497 e. The van der Waals surface area contributed by atoms with Crippen molar-refractivity contribution in [1.82, 2.24) is 0 Å². The average Bonchev–Trinajstić information content (AvgIpc) is 3.14. The molecule has 2 aromatic rings. The van der Waals surface area contributed by atoms with Crippen LogP contribution in [-0.4, -0.2) is 38.6 Å². The third-order valence-electron chi connectivity index (χ3n) is 4.69. The lowest BCUT2D eigenvalue weighted by molar-refractivity contribution is -0.117. The van der Waals surface area contributed by atoms with E-state index < -0.39 is 6.04 Å². The van der Waals surface area contributed by atoms with Crippen molar-refractivity contribution in [3.8, 4) is 11.5 Å². The molecule has 0 bridgehead atoms. The molecular weight excluding hydrogens is 358 g/mol. The molecule has 0 aliphatic carbocycles. The number of benzene rings is 2. The van der Waals surface area contributed by atoms with Crippen LogP contribution >= 0.6 is 0 Å². The van der Waals surface area contributed by atoms with Crippen LogP contribution in [0.2, 0.25) is 0 Å². The molecule has 28 heavy (non-hydrogen) atoms. The van der Waals surface area contributed by atoms with Crippen molar-refractivity contribution in [3.05, 3.63) is 42.5 Å². The number of carbonyl (C=O) groups is 2. The molecule has 0 radical (unpaired) electrons. The first-order chi connectivity index (χ1) is 13.5. The van der Waals surface area contributed by atoms with Crippen LogP contribution in [0, 0.1) is 0 Å². The topological polar surface area (TPSA) is 79.9 Å². The third-order valence-corrected chi connectivity index (χ3v) is 4.69. The first kappa shape index (κ1) is 19.5. The van der Waals surface area contributed by atoms with Crippen LogP contribution in [0.4, 0.5) is 17.1 Å². The third kappa shape index (κ3) is 4.36. The lowest BCUT2D eigenvalue weighted by Gasteiger charge is -2.19. The summed E-state index contributed by atoms with van der Waals surface area (Å²) in [5.41, 5.74) is 2.23. The maximum atomic E-state index is 12.6. The quantitative estimate of drug-likeness (QED) is 0.767. The van der Waals surface area contributed by atoms with Crippen molar-refractivity contribution in [2.45, 2.75) is 25.8 Å². The summed E-state index contributed by atoms with van der Waals surface area (Å²) in [7, 11) is 3.11. The molecule has 148 valence electrons. The molecule has 2 aromatic carbocycles. The van der Waals surface area contributed by atoms with Gasteiger partial charge in [-0.25, -0.2) is 0 Å². The first-order valence-electron chi connectivity index (χ1n) is 9.21. The summed E-state index contributed by atoms with van der Waals surface area (Å²) >= 11 is 0. The number of rotatable bonds is 7. The zero-order valence-electron chi connectivity index (χ0n) is 16.3. The Morgan fingerprint density at radius 2 is 1.86 bits per heavy atom. The van der Waals surface area contributed by atoms with E-state index >= 15 is 0 Å². The van der Waals surface area contributed by atoms with Crippen molar-refractivity contribution >= 4 is 28.9 Å². The average molecular weight is 383 g/mol. The summed E-state index contributed by atoms with van der Waals surface area (Å²) < 4.78 is 10.5. The van der Waals surface area contributed by atoms with Gasteiger partial charge in [0.1, 0.15) is 17.5 Å². The lowest BCUT2D eigenvalue weighted by Crippen LogP contribution is -2.32. The fraction of sp³-hybridized carbons (Fsp3) is 0.333. The normalized spacial score (nSPS) is 14.5. The Kier molecular flexibility index (Phi) is 6.03. The zero-order chi connectivity index (χ0) is 20.1. The second-order valence-corrected chi connectivity index (χ2v) is 6.62. The summed E-state index contributed by atoms with van der Waals surface area (Å²) in [6, 6.07) is 12.3. The number of hydrogen-bond acceptors (Lipinski definition) is 5. The van der Waals surface area contributed by atoms with Crippen LogP contribution < -0.4 is 25.0 Å². The molecule has 2 amide bonds. The highest BCUT2D eigenvalue weighted by Crippen LogP contribution is 2.29. The summed E-state index contributed by atoms with van der Waals surface area (Å²) in [4.78, 5) is 26.2. The maximum absolute atomic E-state index is 12.6. The molecule has 1 aliphatic rings. The highest BCUT2D eigenvalue weighted by molar-refractivity contribution is 5.98. The lowest BCUT2D eigenvalue weighted by atomic mass is 10.2. The number of methoxy groups -OCH3 is 2. The SMILES string of the molecule is COc1ccc(OC)c(NC(=O)[C@H](C)Nc2ccc(N3CCCC3=O)cc2)c1. The van der Waals surface area contributed by atoms with Gasteiger partial charge in [-0.2, -0.15) is 0 Å². The Hall–Kier alpha value is -3.22. The summed E-state index contributed by atoms with van der Waals surface area (Å²) in [6.07, 6.45) is 1.49. The van der Waals surface area contributed by atoms with Crippen LogP contribution in [0.15, 0.2) is 42.5 Å². The minimum absolute atomic E-state index is 0.153. The van der Waals surface area contributed by atoms with Gasteiger partial charge in [-0.15, -0.1) is 0 Å². The standard InChI is InChI=1S/C21H25N3O4/c1-14(21(26)23-18-13-17(27-2)10-11-19(18)28-3)22-15-6-8-16(9-7-15)24-12-4-5-20(24)25/h6-11,13-14,22H,4-5,12H2,1-3H3,(H,23,26)/t14-/m0/s1. The predicted molar refractivity (Wildman–Crippen MR) is 109 cm³/mol. The second kappa shape index (κ2) is 8.65. The van der Waals surface area contributed by atoms with Gasteiger partial charge in [0, 0.05) is 30.4 Å². The smallest absolute Gasteiger partial charge is 0.246 e. The van der Waals surface area contributed by atoms with Gasteiger partial charge < -0.3 is 25.0 Å². The fourth-order valence-electron chi connectivity index (χ4n) is 3.13. The van der Waals surface area contributed by atoms with E-state index in [0.717, 1.165) is 24.3 Å². The maximum Gasteiger partial charge on any atom is 0.246 e. The van der Waals surface area contributed by atoms with Crippen molar-refractivity contribution in [1.29, 1.82) is 0 Å². The number of anilines is 3. The van der Waals surface area contributed by atoms with Gasteiger partial charge in [0.2, 0.25) is 11.8 Å². The molecule has 0 aromatic heterocycles. The van der Waals surface area contributed by atoms with Crippen molar-refractivity contribution in [3.63, 3.8) is 0 Å². The van der Waals surface area contributed by atoms with E-state index in [0.29, 0.717) is 23.6 Å². The molecule has 0 unspecified atom stereocenters. The highest BCUT2D eigenvalue weighted by atomic mass is 16.5. The molecule has 2 N–H and O–H groups in total. The number of nitrogens with one attached hydrogen (secondary N) is 2. The van der Waals surface area contributed by atoms with Crippen LogP contribution in [0.25, 0.3) is 0 Å². The Labute approximate surface area is 164 Å². The van der Waals surface area contributed by atoms with Crippen molar-refractivity contribution in [2.24, 2.45) is 0 Å². The van der Waals surface area contributed by atoms with Crippen LogP contribution in [0.5, 0.6) is 11.5 Å². The number of hydrogen-bond donors (Lipinski definition) is 2. The molecular formula is C21H25N3O4. The molecule has 0 saturated carbocycles. The van der Waals surface area contributed by atoms with Gasteiger partial charge in [-0.1, -0.05) is 0 Å². The minimum Gasteiger partial charge on any atom is -0.497 e. The summed E-state index contributed by atoms with van der Waals surface area (Å²) in [5.74, 6) is 1.13. The van der Waals surface area contributed by atoms with E-state index in [9.17, 15) is 9.59 Å². The number of ether oxygens (including phenoxy) is 2. The monoisotopic (exact) mass is 383 g/mol. The van der Waals surface area contributed by atoms with Crippen molar-refractivity contribution < 1.29 is 19.1 Å². The van der Waals surface area contributed by atoms with Gasteiger partial charge in [-0.05, 0) is 49.7 Å². The molecule has 7 heteroatoms. The van der Waals surface area contributed by atoms with Gasteiger partial charge >= 0.3 is 0 Å². The van der Waals surface area contributed by atoms with E-state index in [1.807, 2.05) is 24.3 Å². The van der Waals surface area contributed by atoms with Crippen LogP contribution in [0.3, 0.4) is 0 Å². The minimum atomic E-state index is -0.477. The van der Waals surface area contributed by atoms with E-state index in [1.54, 1.807) is 44.2 Å². The zero-order valence-corrected chi connectivity index (χ0v) is 16.3. The Bertz CT molecular complexity index is 851. The number of nitrogens with zero attached hydrogens (tertiary/aromatic N) is 1. The molecule has 1 heterocycles. The second-order valence-electron chi connectivity index (χ2n) is 6.62. The van der Waals surface area contributed by atoms with Gasteiger partial charge in [-0.3, -0.25) is 9.59 Å². The number of carbonyl (C=O) groups excluding carboxylic acids is 2. The van der Waals surface area contributed by atoms with Gasteiger partial charge in [0.15, 0.2) is 0 Å².